The molecule has 0 fully saturated rings. The summed E-state index contributed by atoms with van der Waals surface area (Å²) < 4.78 is 0. The second kappa shape index (κ2) is 6.87. The number of hydrogen-bond acceptors (Lipinski definition) is 3. The van der Waals surface area contributed by atoms with Gasteiger partial charge in [-0.15, -0.1) is 0 Å². The molecule has 0 heterocycles. The molecule has 0 atom stereocenters. The summed E-state index contributed by atoms with van der Waals surface area (Å²) in [5.74, 6) is -0.341. The molecule has 0 unspecified atom stereocenters. The van der Waals surface area contributed by atoms with E-state index in [0.29, 0.717) is 16.3 Å². The second-order valence-corrected chi connectivity index (χ2v) is 5.05. The summed E-state index contributed by atoms with van der Waals surface area (Å²) in [6.07, 6.45) is 2.82. The van der Waals surface area contributed by atoms with E-state index in [4.69, 9.17) is 11.6 Å². The minimum absolute atomic E-state index is 0.0205. The molecule has 1 N–H and O–H groups in total. The molecule has 6 heteroatoms. The molecule has 0 aliphatic carbocycles. The summed E-state index contributed by atoms with van der Waals surface area (Å²) in [7, 11) is 0. The molecule has 22 heavy (non-hydrogen) atoms. The highest BCUT2D eigenvalue weighted by Crippen LogP contribution is 2.20. The number of nitro groups is 1. The lowest BCUT2D eigenvalue weighted by Crippen LogP contribution is -2.07. The molecule has 0 aliphatic rings. The van der Waals surface area contributed by atoms with Gasteiger partial charge in [0.25, 0.3) is 5.69 Å². The van der Waals surface area contributed by atoms with Crippen LogP contribution in [0.3, 0.4) is 0 Å². The van der Waals surface area contributed by atoms with Crippen LogP contribution in [0, 0.1) is 17.0 Å². The lowest BCUT2D eigenvalue weighted by Gasteiger charge is -2.04. The SMILES string of the molecule is Cc1ccc(NC(=O)/C=C/c2cccc([N+](=O)[O-])c2)cc1Cl. The number of halogens is 1. The third-order valence-electron chi connectivity index (χ3n) is 2.95. The van der Waals surface area contributed by atoms with Crippen LogP contribution >= 0.6 is 11.6 Å². The van der Waals surface area contributed by atoms with Crippen molar-refractivity contribution in [2.45, 2.75) is 6.92 Å². The Labute approximate surface area is 132 Å². The number of anilines is 1. The third kappa shape index (κ3) is 4.17. The first-order chi connectivity index (χ1) is 10.5. The normalized spacial score (nSPS) is 10.6. The first-order valence-corrected chi connectivity index (χ1v) is 6.83. The van der Waals surface area contributed by atoms with Crippen molar-refractivity contribution in [1.82, 2.24) is 0 Å². The van der Waals surface area contributed by atoms with Gasteiger partial charge in [-0.1, -0.05) is 29.8 Å². The Balaban J connectivity index is 2.06. The van der Waals surface area contributed by atoms with Gasteiger partial charge in [0.15, 0.2) is 0 Å². The quantitative estimate of drug-likeness (QED) is 0.521. The van der Waals surface area contributed by atoms with E-state index in [1.165, 1.54) is 24.3 Å². The number of aryl methyl sites for hydroxylation is 1. The lowest BCUT2D eigenvalue weighted by atomic mass is 10.2. The van der Waals surface area contributed by atoms with E-state index < -0.39 is 4.92 Å². The molecule has 2 aromatic rings. The van der Waals surface area contributed by atoms with Gasteiger partial charge < -0.3 is 5.32 Å². The summed E-state index contributed by atoms with van der Waals surface area (Å²) in [5, 5.41) is 13.9. The standard InChI is InChI=1S/C16H13ClN2O3/c1-11-5-7-13(10-15(11)17)18-16(20)8-6-12-3-2-4-14(9-12)19(21)22/h2-10H,1H3,(H,18,20)/b8-6+. The fourth-order valence-electron chi connectivity index (χ4n) is 1.77. The lowest BCUT2D eigenvalue weighted by molar-refractivity contribution is -0.384. The zero-order chi connectivity index (χ0) is 16.1. The molecule has 0 aliphatic heterocycles. The van der Waals surface area contributed by atoms with E-state index in [1.807, 2.05) is 13.0 Å². The summed E-state index contributed by atoms with van der Waals surface area (Å²) in [4.78, 5) is 22.0. The average molecular weight is 317 g/mol. The number of non-ortho nitro benzene ring substituents is 1. The average Bonchev–Trinajstić information content (AvgIpc) is 2.49. The molecule has 5 nitrogen and oxygen atoms in total. The minimum atomic E-state index is -0.480. The fraction of sp³-hybridized carbons (Fsp3) is 0.0625. The van der Waals surface area contributed by atoms with E-state index in [9.17, 15) is 14.9 Å². The summed E-state index contributed by atoms with van der Waals surface area (Å²) >= 11 is 5.98. The van der Waals surface area contributed by atoms with Crippen LogP contribution in [-0.2, 0) is 4.79 Å². The highest BCUT2D eigenvalue weighted by Gasteiger charge is 2.04. The number of nitro benzene ring substituents is 1. The molecule has 112 valence electrons. The maximum absolute atomic E-state index is 11.8. The zero-order valence-electron chi connectivity index (χ0n) is 11.7. The predicted molar refractivity (Wildman–Crippen MR) is 86.9 cm³/mol. The van der Waals surface area contributed by atoms with Gasteiger partial charge in [-0.3, -0.25) is 14.9 Å². The number of carbonyl (C=O) groups excluding carboxylic acids is 1. The zero-order valence-corrected chi connectivity index (χ0v) is 12.5. The van der Waals surface area contributed by atoms with Gasteiger partial charge in [0.2, 0.25) is 5.91 Å². The molecule has 0 aromatic heterocycles. The topological polar surface area (TPSA) is 72.2 Å². The molecule has 2 aromatic carbocycles. The Morgan fingerprint density at radius 1 is 1.27 bits per heavy atom. The van der Waals surface area contributed by atoms with Crippen LogP contribution in [0.15, 0.2) is 48.5 Å². The van der Waals surface area contributed by atoms with Crippen molar-refractivity contribution in [2.75, 3.05) is 5.32 Å². The van der Waals surface area contributed by atoms with Crippen molar-refractivity contribution in [1.29, 1.82) is 0 Å². The Hall–Kier alpha value is -2.66. The smallest absolute Gasteiger partial charge is 0.270 e. The van der Waals surface area contributed by atoms with E-state index >= 15 is 0 Å². The van der Waals surface area contributed by atoms with E-state index in [0.717, 1.165) is 5.56 Å². The van der Waals surface area contributed by atoms with Gasteiger partial charge in [0.05, 0.1) is 4.92 Å². The molecule has 1 amide bonds. The molecular weight excluding hydrogens is 304 g/mol. The number of benzene rings is 2. The number of rotatable bonds is 4. The maximum atomic E-state index is 11.8. The number of amides is 1. The highest BCUT2D eigenvalue weighted by molar-refractivity contribution is 6.31. The van der Waals surface area contributed by atoms with Crippen LogP contribution in [0.1, 0.15) is 11.1 Å². The van der Waals surface area contributed by atoms with Gasteiger partial charge in [0.1, 0.15) is 0 Å². The van der Waals surface area contributed by atoms with E-state index in [2.05, 4.69) is 5.32 Å². The first kappa shape index (κ1) is 15.7. The van der Waals surface area contributed by atoms with Gasteiger partial charge in [0, 0.05) is 28.9 Å². The monoisotopic (exact) mass is 316 g/mol. The van der Waals surface area contributed by atoms with Gasteiger partial charge in [-0.2, -0.15) is 0 Å². The van der Waals surface area contributed by atoms with Crippen molar-refractivity contribution in [3.05, 3.63) is 74.8 Å². The molecule has 2 rings (SSSR count). The summed E-state index contributed by atoms with van der Waals surface area (Å²) in [6, 6.07) is 11.3. The second-order valence-electron chi connectivity index (χ2n) is 4.64. The highest BCUT2D eigenvalue weighted by atomic mass is 35.5. The Morgan fingerprint density at radius 2 is 2.05 bits per heavy atom. The predicted octanol–water partition coefficient (Wildman–Crippen LogP) is 4.21. The summed E-state index contributed by atoms with van der Waals surface area (Å²) in [6.45, 7) is 1.87. The van der Waals surface area contributed by atoms with Crippen molar-refractivity contribution < 1.29 is 9.72 Å². The van der Waals surface area contributed by atoms with Gasteiger partial charge >= 0.3 is 0 Å². The molecule has 0 spiro atoms. The van der Waals surface area contributed by atoms with Crippen LogP contribution in [0.5, 0.6) is 0 Å². The third-order valence-corrected chi connectivity index (χ3v) is 3.35. The van der Waals surface area contributed by atoms with Crippen molar-refractivity contribution >= 4 is 35.0 Å². The Morgan fingerprint density at radius 3 is 2.73 bits per heavy atom. The van der Waals surface area contributed by atoms with Crippen LogP contribution in [0.2, 0.25) is 5.02 Å². The fourth-order valence-corrected chi connectivity index (χ4v) is 1.95. The Bertz CT molecular complexity index is 757. The Kier molecular flexibility index (Phi) is 4.91. The van der Waals surface area contributed by atoms with E-state index in [1.54, 1.807) is 24.3 Å². The van der Waals surface area contributed by atoms with Crippen LogP contribution in [0.25, 0.3) is 6.08 Å². The van der Waals surface area contributed by atoms with Crippen LogP contribution in [0.4, 0.5) is 11.4 Å². The molecule has 0 saturated heterocycles. The molecule has 0 radical (unpaired) electrons. The summed E-state index contributed by atoms with van der Waals surface area (Å²) in [5.41, 5.74) is 2.07. The van der Waals surface area contributed by atoms with Gasteiger partial charge in [-0.25, -0.2) is 0 Å². The maximum Gasteiger partial charge on any atom is 0.270 e. The minimum Gasteiger partial charge on any atom is -0.322 e. The first-order valence-electron chi connectivity index (χ1n) is 6.45. The van der Waals surface area contributed by atoms with E-state index in [-0.39, 0.29) is 11.6 Å². The molecule has 0 saturated carbocycles. The van der Waals surface area contributed by atoms with Crippen molar-refractivity contribution in [3.8, 4) is 0 Å². The number of nitrogens with one attached hydrogen (secondary N) is 1. The van der Waals surface area contributed by atoms with Crippen molar-refractivity contribution in [2.24, 2.45) is 0 Å². The number of nitrogens with zero attached hydrogens (tertiary/aromatic N) is 1. The largest absolute Gasteiger partial charge is 0.322 e. The van der Waals surface area contributed by atoms with Crippen LogP contribution < -0.4 is 5.32 Å². The number of carbonyl (C=O) groups is 1. The molecule has 0 bridgehead atoms. The van der Waals surface area contributed by atoms with Crippen molar-refractivity contribution in [3.63, 3.8) is 0 Å². The number of hydrogen-bond donors (Lipinski definition) is 1. The van der Waals surface area contributed by atoms with Gasteiger partial charge in [-0.05, 0) is 36.3 Å². The molecular formula is C16H13ClN2O3. The van der Waals surface area contributed by atoms with Crippen LogP contribution in [-0.4, -0.2) is 10.8 Å².